The summed E-state index contributed by atoms with van der Waals surface area (Å²) in [6, 6.07) is 0. The fourth-order valence-electron chi connectivity index (χ4n) is 3.16. The van der Waals surface area contributed by atoms with Gasteiger partial charge in [0.2, 0.25) is 0 Å². The van der Waals surface area contributed by atoms with Gasteiger partial charge < -0.3 is 0 Å². The first-order chi connectivity index (χ1) is 6.86. The summed E-state index contributed by atoms with van der Waals surface area (Å²) in [5, 5.41) is 0. The Morgan fingerprint density at radius 3 is 2.53 bits per heavy atom. The summed E-state index contributed by atoms with van der Waals surface area (Å²) in [7, 11) is 0. The summed E-state index contributed by atoms with van der Waals surface area (Å²) in [4.78, 5) is 0. The Hall–Kier alpha value is -0.780. The standard InChI is InChI=1S/C15H22/c1-11-6-7-14(4)9-12(2)13(3)10-15(14,5)8-11/h8,10H,2,6-7,9H2,1,3-5H3/t14-,15?/m1/s1. The predicted octanol–water partition coefficient (Wildman–Crippen LogP) is 4.65. The Morgan fingerprint density at radius 2 is 1.87 bits per heavy atom. The summed E-state index contributed by atoms with van der Waals surface area (Å²) in [6.07, 6.45) is 8.63. The van der Waals surface area contributed by atoms with Crippen LogP contribution >= 0.6 is 0 Å². The van der Waals surface area contributed by atoms with Crippen molar-refractivity contribution in [3.63, 3.8) is 0 Å². The Kier molecular flexibility index (Phi) is 2.22. The summed E-state index contributed by atoms with van der Waals surface area (Å²) in [5.41, 5.74) is 4.92. The Morgan fingerprint density at radius 1 is 1.20 bits per heavy atom. The van der Waals surface area contributed by atoms with Crippen molar-refractivity contribution < 1.29 is 0 Å². The lowest BCUT2D eigenvalue weighted by Crippen LogP contribution is -2.40. The molecule has 0 radical (unpaired) electrons. The molecule has 0 heterocycles. The molecule has 2 rings (SSSR count). The quantitative estimate of drug-likeness (QED) is 0.502. The molecule has 15 heavy (non-hydrogen) atoms. The van der Waals surface area contributed by atoms with E-state index in [0.717, 1.165) is 6.42 Å². The van der Waals surface area contributed by atoms with Gasteiger partial charge in [-0.2, -0.15) is 0 Å². The topological polar surface area (TPSA) is 0 Å². The van der Waals surface area contributed by atoms with E-state index < -0.39 is 0 Å². The SMILES string of the molecule is C=C1C[C@@]2(C)CCC(C)=CC2(C)C=C1C. The molecule has 2 aliphatic rings. The Bertz CT molecular complexity index is 369. The largest absolute Gasteiger partial charge is 0.0956 e. The first-order valence-electron chi connectivity index (χ1n) is 5.92. The molecule has 0 nitrogen and oxygen atoms in total. The first kappa shape index (κ1) is 10.7. The number of allylic oxidation sites excluding steroid dienone is 5. The molecule has 0 fully saturated rings. The monoisotopic (exact) mass is 202 g/mol. The average Bonchev–Trinajstić information content (AvgIpc) is 2.10. The summed E-state index contributed by atoms with van der Waals surface area (Å²) >= 11 is 0. The van der Waals surface area contributed by atoms with Crippen LogP contribution in [0.25, 0.3) is 0 Å². The molecule has 0 bridgehead atoms. The second-order valence-corrected chi connectivity index (χ2v) is 5.94. The Labute approximate surface area is 93.8 Å². The normalized spacial score (nSPS) is 40.7. The lowest BCUT2D eigenvalue weighted by molar-refractivity contribution is 0.133. The van der Waals surface area contributed by atoms with Crippen LogP contribution in [0.3, 0.4) is 0 Å². The maximum Gasteiger partial charge on any atom is 0.00980 e. The van der Waals surface area contributed by atoms with Crippen LogP contribution in [0.15, 0.2) is 35.5 Å². The predicted molar refractivity (Wildman–Crippen MR) is 66.7 cm³/mol. The molecule has 0 aromatic rings. The van der Waals surface area contributed by atoms with Gasteiger partial charge in [0.1, 0.15) is 0 Å². The van der Waals surface area contributed by atoms with E-state index in [4.69, 9.17) is 0 Å². The van der Waals surface area contributed by atoms with Gasteiger partial charge in [-0.3, -0.25) is 0 Å². The van der Waals surface area contributed by atoms with E-state index in [9.17, 15) is 0 Å². The highest BCUT2D eigenvalue weighted by molar-refractivity contribution is 5.39. The van der Waals surface area contributed by atoms with Crippen LogP contribution in [0.1, 0.15) is 47.0 Å². The molecule has 0 amide bonds. The van der Waals surface area contributed by atoms with Gasteiger partial charge in [-0.05, 0) is 38.5 Å². The van der Waals surface area contributed by atoms with Crippen molar-refractivity contribution in [3.05, 3.63) is 35.5 Å². The van der Waals surface area contributed by atoms with Crippen LogP contribution in [0.4, 0.5) is 0 Å². The van der Waals surface area contributed by atoms with Crippen LogP contribution in [0, 0.1) is 10.8 Å². The fourth-order valence-corrected chi connectivity index (χ4v) is 3.16. The molecule has 0 aromatic carbocycles. The number of hydrogen-bond acceptors (Lipinski definition) is 0. The van der Waals surface area contributed by atoms with Crippen molar-refractivity contribution in [3.8, 4) is 0 Å². The minimum absolute atomic E-state index is 0.251. The highest BCUT2D eigenvalue weighted by Crippen LogP contribution is 2.56. The first-order valence-corrected chi connectivity index (χ1v) is 5.92. The average molecular weight is 202 g/mol. The van der Waals surface area contributed by atoms with Crippen molar-refractivity contribution in [1.29, 1.82) is 0 Å². The maximum absolute atomic E-state index is 4.19. The van der Waals surface area contributed by atoms with E-state index in [2.05, 4.69) is 46.4 Å². The number of rotatable bonds is 0. The molecule has 0 aromatic heterocycles. The molecule has 1 unspecified atom stereocenters. The molecule has 2 atom stereocenters. The van der Waals surface area contributed by atoms with Crippen molar-refractivity contribution in [2.24, 2.45) is 10.8 Å². The van der Waals surface area contributed by atoms with Gasteiger partial charge in [0.25, 0.3) is 0 Å². The third-order valence-corrected chi connectivity index (χ3v) is 4.60. The van der Waals surface area contributed by atoms with E-state index in [1.54, 1.807) is 5.57 Å². The zero-order valence-corrected chi connectivity index (χ0v) is 10.5. The summed E-state index contributed by atoms with van der Waals surface area (Å²) in [5.74, 6) is 0. The van der Waals surface area contributed by atoms with Crippen molar-refractivity contribution in [2.75, 3.05) is 0 Å². The second kappa shape index (κ2) is 3.10. The van der Waals surface area contributed by atoms with E-state index in [1.807, 2.05) is 0 Å². The van der Waals surface area contributed by atoms with Crippen molar-refractivity contribution in [1.82, 2.24) is 0 Å². The van der Waals surface area contributed by atoms with Crippen LogP contribution in [0.5, 0.6) is 0 Å². The molecular formula is C15H22. The van der Waals surface area contributed by atoms with Gasteiger partial charge in [-0.15, -0.1) is 0 Å². The molecule has 82 valence electrons. The highest BCUT2D eigenvalue weighted by Gasteiger charge is 2.45. The van der Waals surface area contributed by atoms with E-state index in [0.29, 0.717) is 5.41 Å². The molecule has 0 saturated carbocycles. The summed E-state index contributed by atoms with van der Waals surface area (Å²) < 4.78 is 0. The number of fused-ring (bicyclic) bond motifs is 1. The van der Waals surface area contributed by atoms with Gasteiger partial charge in [-0.1, -0.05) is 49.3 Å². The van der Waals surface area contributed by atoms with Crippen LogP contribution < -0.4 is 0 Å². The molecule has 0 aliphatic heterocycles. The van der Waals surface area contributed by atoms with Gasteiger partial charge >= 0.3 is 0 Å². The van der Waals surface area contributed by atoms with Crippen molar-refractivity contribution >= 4 is 0 Å². The lowest BCUT2D eigenvalue weighted by atomic mass is 9.54. The van der Waals surface area contributed by atoms with Gasteiger partial charge in [0, 0.05) is 5.41 Å². The lowest BCUT2D eigenvalue weighted by Gasteiger charge is -2.50. The third kappa shape index (κ3) is 1.51. The van der Waals surface area contributed by atoms with Gasteiger partial charge in [0.05, 0.1) is 0 Å². The van der Waals surface area contributed by atoms with Crippen LogP contribution in [-0.4, -0.2) is 0 Å². The molecule has 2 aliphatic carbocycles. The van der Waals surface area contributed by atoms with Crippen molar-refractivity contribution in [2.45, 2.75) is 47.0 Å². The van der Waals surface area contributed by atoms with Gasteiger partial charge in [-0.25, -0.2) is 0 Å². The minimum atomic E-state index is 0.251. The second-order valence-electron chi connectivity index (χ2n) is 5.94. The zero-order chi connectivity index (χ0) is 11.3. The Balaban J connectivity index is 2.54. The molecule has 0 N–H and O–H groups in total. The van der Waals surface area contributed by atoms with E-state index in [-0.39, 0.29) is 5.41 Å². The minimum Gasteiger partial charge on any atom is -0.0956 e. The zero-order valence-electron chi connectivity index (χ0n) is 10.5. The smallest absolute Gasteiger partial charge is 0.00980 e. The van der Waals surface area contributed by atoms with E-state index in [1.165, 1.54) is 24.0 Å². The fraction of sp³-hybridized carbons (Fsp3) is 0.600. The molecule has 0 heteroatoms. The maximum atomic E-state index is 4.19. The van der Waals surface area contributed by atoms with Crippen LogP contribution in [0.2, 0.25) is 0 Å². The van der Waals surface area contributed by atoms with E-state index >= 15 is 0 Å². The molecule has 0 saturated heterocycles. The third-order valence-electron chi connectivity index (χ3n) is 4.60. The number of hydrogen-bond donors (Lipinski definition) is 0. The molecular weight excluding hydrogens is 180 g/mol. The summed E-state index contributed by atoms with van der Waals surface area (Å²) in [6.45, 7) is 13.5. The highest BCUT2D eigenvalue weighted by atomic mass is 14.5. The van der Waals surface area contributed by atoms with Crippen LogP contribution in [-0.2, 0) is 0 Å². The molecule has 0 spiro atoms. The van der Waals surface area contributed by atoms with Gasteiger partial charge in [0.15, 0.2) is 0 Å².